The minimum absolute atomic E-state index is 0.168. The minimum atomic E-state index is -2.91. The maximum atomic E-state index is 12.2. The van der Waals surface area contributed by atoms with Crippen LogP contribution in [0.25, 0.3) is 32.7 Å². The monoisotopic (exact) mass is 554 g/mol. The minimum Gasteiger partial charge on any atom is -0.285 e. The first-order chi connectivity index (χ1) is 19.3. The van der Waals surface area contributed by atoms with Gasteiger partial charge in [0.25, 0.3) is 11.9 Å². The first-order valence-corrected chi connectivity index (χ1v) is 11.6. The Morgan fingerprint density at radius 2 is 1.12 bits per heavy atom. The zero-order valence-corrected chi connectivity index (χ0v) is 20.7. The molecule has 0 amide bonds. The molecule has 6 aromatic rings. The van der Waals surface area contributed by atoms with E-state index in [0.717, 1.165) is 26.5 Å². The van der Waals surface area contributed by atoms with E-state index in [1.54, 1.807) is 24.4 Å². The van der Waals surface area contributed by atoms with Crippen LogP contribution in [-0.2, 0) is 0 Å². The predicted molar refractivity (Wildman–Crippen MR) is 141 cm³/mol. The predicted octanol–water partition coefficient (Wildman–Crippen LogP) is 8.76. The molecule has 0 aliphatic carbocycles. The number of hydrogen-bond acceptors (Lipinski definition) is 3. The van der Waals surface area contributed by atoms with Gasteiger partial charge in [0.1, 0.15) is 5.69 Å². The van der Waals surface area contributed by atoms with Crippen molar-refractivity contribution < 1.29 is 36.3 Å². The van der Waals surface area contributed by atoms with Gasteiger partial charge in [-0.05, 0) is 36.4 Å². The summed E-state index contributed by atoms with van der Waals surface area (Å²) in [7, 11) is 0. The fourth-order valence-corrected chi connectivity index (χ4v) is 3.37. The van der Waals surface area contributed by atoms with Crippen LogP contribution >= 0.6 is 0 Å². The first-order valence-electron chi connectivity index (χ1n) is 11.6. The van der Waals surface area contributed by atoms with Crippen LogP contribution < -0.4 is 4.73 Å². The summed E-state index contributed by atoms with van der Waals surface area (Å²) in [5.74, 6) is 0. The van der Waals surface area contributed by atoms with E-state index in [1.165, 1.54) is 11.5 Å². The molecule has 0 saturated heterocycles. The Morgan fingerprint density at radius 1 is 0.600 bits per heavy atom. The number of para-hydroxylation sites is 3. The highest BCUT2D eigenvalue weighted by Gasteiger charge is 2.08. The van der Waals surface area contributed by atoms with E-state index >= 15 is 0 Å². The number of alkyl halides is 2. The summed E-state index contributed by atoms with van der Waals surface area (Å²) in [4.78, 5) is 8.01. The summed E-state index contributed by atoms with van der Waals surface area (Å²) in [5, 5.41) is 12.4. The molecule has 0 radical (unpaired) electrons. The number of halogens is 6. The lowest BCUT2D eigenvalue weighted by molar-refractivity contribution is -0.884. The van der Waals surface area contributed by atoms with Crippen LogP contribution in [0.5, 0.6) is 0 Å². The Kier molecular flexibility index (Phi) is 11.0. The summed E-state index contributed by atoms with van der Waals surface area (Å²) >= 11 is 0. The van der Waals surface area contributed by atoms with E-state index in [-0.39, 0.29) is 5.69 Å². The van der Waals surface area contributed by atoms with Gasteiger partial charge in [0, 0.05) is 33.8 Å². The fraction of sp³-hybridized carbons (Fsp3) is 0.0333. The van der Waals surface area contributed by atoms with E-state index in [9.17, 15) is 31.5 Å². The Morgan fingerprint density at radius 3 is 1.73 bits per heavy atom. The van der Waals surface area contributed by atoms with Crippen molar-refractivity contribution >= 4 is 32.7 Å². The smallest absolute Gasteiger partial charge is 0.285 e. The molecule has 6 rings (SSSR count). The summed E-state index contributed by atoms with van der Waals surface area (Å²) in [5.41, 5.74) is 2.33. The zero-order valence-electron chi connectivity index (χ0n) is 20.7. The average molecular weight is 555 g/mol. The van der Waals surface area contributed by atoms with E-state index in [2.05, 4.69) is 22.1 Å². The summed E-state index contributed by atoms with van der Waals surface area (Å²) in [6.45, 7) is 0. The van der Waals surface area contributed by atoms with Gasteiger partial charge in [0.2, 0.25) is 6.20 Å². The second kappa shape index (κ2) is 14.8. The van der Waals surface area contributed by atoms with Crippen LogP contribution in [0, 0.1) is 0 Å². The van der Waals surface area contributed by atoms with Gasteiger partial charge in [-0.3, -0.25) is 10.2 Å². The third kappa shape index (κ3) is 8.80. The SMILES string of the molecule is FC(F)=C(F)F.FC(F)c1ccc2ccccc2n1.O[n+]1cccc2ccccc21.c1ccc2ncccc2c1. The quantitative estimate of drug-likeness (QED) is 0.126. The molecule has 0 spiro atoms. The van der Waals surface area contributed by atoms with E-state index < -0.39 is 18.6 Å². The molecular formula is C30H22F6N3O+. The third-order valence-electron chi connectivity index (χ3n) is 5.19. The Labute approximate surface area is 225 Å². The van der Waals surface area contributed by atoms with Crippen LogP contribution in [0.2, 0.25) is 0 Å². The second-order valence-electron chi connectivity index (χ2n) is 7.86. The number of benzene rings is 3. The maximum absolute atomic E-state index is 12.2. The van der Waals surface area contributed by atoms with Gasteiger partial charge < -0.3 is 0 Å². The Hall–Kier alpha value is -4.99. The molecule has 10 heteroatoms. The Bertz CT molecular complexity index is 1620. The number of rotatable bonds is 1. The number of pyridine rings is 3. The molecule has 40 heavy (non-hydrogen) atoms. The summed E-state index contributed by atoms with van der Waals surface area (Å²) in [6, 6.07) is 33.7. The largest absolute Gasteiger partial charge is 0.334 e. The molecule has 1 N–H and O–H groups in total. The van der Waals surface area contributed by atoms with Gasteiger partial charge in [-0.2, -0.15) is 17.6 Å². The van der Waals surface area contributed by atoms with E-state index in [0.29, 0.717) is 5.52 Å². The lowest BCUT2D eigenvalue weighted by atomic mass is 10.2. The molecule has 3 aromatic heterocycles. The van der Waals surface area contributed by atoms with Crippen LogP contribution in [0.15, 0.2) is 134 Å². The van der Waals surface area contributed by atoms with Crippen molar-refractivity contribution in [2.24, 2.45) is 0 Å². The molecule has 0 saturated carbocycles. The van der Waals surface area contributed by atoms with Gasteiger partial charge in [-0.15, -0.1) is 0 Å². The topological polar surface area (TPSA) is 49.9 Å². The number of fused-ring (bicyclic) bond motifs is 3. The van der Waals surface area contributed by atoms with Crippen molar-refractivity contribution in [2.45, 2.75) is 6.43 Å². The summed E-state index contributed by atoms with van der Waals surface area (Å²) in [6.07, 6.45) is -4.89. The van der Waals surface area contributed by atoms with Gasteiger partial charge in [-0.25, -0.2) is 13.8 Å². The zero-order chi connectivity index (χ0) is 28.9. The molecular weight excluding hydrogens is 532 g/mol. The van der Waals surface area contributed by atoms with E-state index in [1.807, 2.05) is 79.0 Å². The number of aromatic nitrogens is 3. The van der Waals surface area contributed by atoms with Gasteiger partial charge in [0.05, 0.1) is 16.4 Å². The maximum Gasteiger partial charge on any atom is 0.334 e. The third-order valence-corrected chi connectivity index (χ3v) is 5.19. The molecule has 0 fully saturated rings. The molecule has 0 bridgehead atoms. The van der Waals surface area contributed by atoms with Crippen molar-refractivity contribution in [2.75, 3.05) is 0 Å². The van der Waals surface area contributed by atoms with Crippen molar-refractivity contribution in [1.29, 1.82) is 0 Å². The highest BCUT2D eigenvalue weighted by molar-refractivity contribution is 5.79. The van der Waals surface area contributed by atoms with Crippen molar-refractivity contribution in [3.05, 3.63) is 139 Å². The molecule has 3 heterocycles. The van der Waals surface area contributed by atoms with Crippen molar-refractivity contribution in [3.63, 3.8) is 0 Å². The highest BCUT2D eigenvalue weighted by atomic mass is 19.3. The first kappa shape index (κ1) is 29.6. The molecule has 204 valence electrons. The highest BCUT2D eigenvalue weighted by Crippen LogP contribution is 2.19. The van der Waals surface area contributed by atoms with Gasteiger partial charge in [0.15, 0.2) is 0 Å². The van der Waals surface area contributed by atoms with Crippen molar-refractivity contribution in [3.8, 4) is 0 Å². The van der Waals surface area contributed by atoms with Gasteiger partial charge >= 0.3 is 12.2 Å². The van der Waals surface area contributed by atoms with E-state index in [4.69, 9.17) is 0 Å². The lowest BCUT2D eigenvalue weighted by Gasteiger charge is -2.00. The van der Waals surface area contributed by atoms with Crippen LogP contribution in [0.3, 0.4) is 0 Å². The Balaban J connectivity index is 0.000000152. The molecule has 4 nitrogen and oxygen atoms in total. The normalized spacial score (nSPS) is 10.1. The standard InChI is InChI=1S/C10H7F2N.C9H8NO.C9H7N.C2F4/c11-10(12)9-6-5-7-3-1-2-4-8(7)13-9;11-10-7-3-5-8-4-1-2-6-9(8)10;1-2-6-9-8(4-1)5-3-7-10-9;3-1(4)2(5)6/h1-6,10H;1-7,11H;1-7H;/q;+1;;. The molecule has 0 atom stereocenters. The van der Waals surface area contributed by atoms with Crippen LogP contribution in [-0.4, -0.2) is 15.2 Å². The summed E-state index contributed by atoms with van der Waals surface area (Å²) < 4.78 is 66.7. The molecule has 0 unspecified atom stereocenters. The number of nitrogens with zero attached hydrogens (tertiary/aromatic N) is 3. The van der Waals surface area contributed by atoms with Crippen LogP contribution in [0.4, 0.5) is 26.3 Å². The fourth-order valence-electron chi connectivity index (χ4n) is 3.37. The molecule has 3 aromatic carbocycles. The van der Waals surface area contributed by atoms with Crippen molar-refractivity contribution in [1.82, 2.24) is 9.97 Å². The second-order valence-corrected chi connectivity index (χ2v) is 7.86. The average Bonchev–Trinajstić information content (AvgIpc) is 2.98. The lowest BCUT2D eigenvalue weighted by Crippen LogP contribution is -2.29. The van der Waals surface area contributed by atoms with Crippen LogP contribution in [0.1, 0.15) is 12.1 Å². The molecule has 0 aliphatic heterocycles. The van der Waals surface area contributed by atoms with Gasteiger partial charge in [-0.1, -0.05) is 60.7 Å². The number of hydrogen-bond donors (Lipinski definition) is 1. The molecule has 0 aliphatic rings.